The predicted molar refractivity (Wildman–Crippen MR) is 39.6 cm³/mol. The lowest BCUT2D eigenvalue weighted by Crippen LogP contribution is -2.21. The maximum atomic E-state index is 6.95. The topological polar surface area (TPSA) is 42.3 Å². The summed E-state index contributed by atoms with van der Waals surface area (Å²) in [6.45, 7) is 2.99. The van der Waals surface area contributed by atoms with E-state index in [0.29, 0.717) is 6.61 Å². The Morgan fingerprint density at radius 1 is 1.50 bits per heavy atom. The van der Waals surface area contributed by atoms with E-state index >= 15 is 0 Å². The van der Waals surface area contributed by atoms with Crippen molar-refractivity contribution < 1.29 is 9.47 Å². The summed E-state index contributed by atoms with van der Waals surface area (Å²) in [5, 5.41) is 0. The monoisotopic (exact) mass is 146 g/mol. The van der Waals surface area contributed by atoms with Gasteiger partial charge in [-0.1, -0.05) is 13.3 Å². The quantitative estimate of drug-likeness (QED) is 0.415. The molecule has 1 atom stereocenters. The highest BCUT2D eigenvalue weighted by Crippen LogP contribution is 1.94. The fraction of sp³-hybridized carbons (Fsp3) is 1.00. The Balaban J connectivity index is 3.09. The van der Waals surface area contributed by atoms with Gasteiger partial charge in [-0.05, 0) is 6.42 Å². The van der Waals surface area contributed by atoms with Gasteiger partial charge in [0.15, 0.2) is 6.29 Å². The molecular weight excluding hydrogens is 130 g/mol. The maximum Gasteiger partial charge on any atom is 0.170 e. The summed E-state index contributed by atoms with van der Waals surface area (Å²) >= 11 is 0. The van der Waals surface area contributed by atoms with Crippen molar-refractivity contribution in [2.75, 3.05) is 20.3 Å². The Morgan fingerprint density at radius 2 is 2.20 bits per heavy atom. The summed E-state index contributed by atoms with van der Waals surface area (Å²) in [5.41, 5.74) is 6.95. The van der Waals surface area contributed by atoms with Crippen LogP contribution < -0.4 is 5.73 Å². The fourth-order valence-corrected chi connectivity index (χ4v) is 0.569. The van der Waals surface area contributed by atoms with Crippen LogP contribution in [0.15, 0.2) is 0 Å². The second-order valence-electron chi connectivity index (χ2n) is 2.09. The average molecular weight is 146 g/mol. The Hall–Kier alpha value is -0.120. The number of hydrogen-bond donors (Lipinski definition) is 0. The molecule has 0 spiro atoms. The molecule has 0 aliphatic heterocycles. The molecule has 0 fully saturated rings. The van der Waals surface area contributed by atoms with Crippen LogP contribution in [-0.4, -0.2) is 26.6 Å². The first kappa shape index (κ1) is 9.88. The second kappa shape index (κ2) is 6.99. The highest BCUT2D eigenvalue weighted by atomic mass is 16.7. The van der Waals surface area contributed by atoms with E-state index in [0.717, 1.165) is 12.8 Å². The third-order valence-corrected chi connectivity index (χ3v) is 1.23. The van der Waals surface area contributed by atoms with Crippen LogP contribution >= 0.6 is 0 Å². The molecule has 1 N–H and O–H groups in total. The van der Waals surface area contributed by atoms with Crippen LogP contribution in [0, 0.1) is 0 Å². The van der Waals surface area contributed by atoms with Gasteiger partial charge in [0.1, 0.15) is 0 Å². The number of methoxy groups -OCH3 is 1. The lowest BCUT2D eigenvalue weighted by molar-refractivity contribution is -0.117. The molecule has 61 valence electrons. The van der Waals surface area contributed by atoms with E-state index in [-0.39, 0.29) is 12.8 Å². The maximum absolute atomic E-state index is 6.95. The Morgan fingerprint density at radius 3 is 2.60 bits per heavy atom. The average Bonchev–Trinajstić information content (AvgIpc) is 1.99. The minimum atomic E-state index is -0.327. The van der Waals surface area contributed by atoms with Gasteiger partial charge in [-0.15, -0.1) is 0 Å². The van der Waals surface area contributed by atoms with E-state index in [2.05, 4.69) is 6.92 Å². The Kier molecular flexibility index (Phi) is 6.91. The van der Waals surface area contributed by atoms with Crippen molar-refractivity contribution in [3.63, 3.8) is 0 Å². The van der Waals surface area contributed by atoms with E-state index in [1.165, 1.54) is 0 Å². The van der Waals surface area contributed by atoms with Crippen molar-refractivity contribution in [3.8, 4) is 0 Å². The zero-order chi connectivity index (χ0) is 7.82. The molecule has 0 rings (SSSR count). The molecule has 0 saturated heterocycles. The largest absolute Gasteiger partial charge is 0.354 e. The Bertz CT molecular complexity index is 64.6. The molecule has 0 aromatic carbocycles. The molecule has 3 nitrogen and oxygen atoms in total. The van der Waals surface area contributed by atoms with Crippen molar-refractivity contribution in [3.05, 3.63) is 0 Å². The van der Waals surface area contributed by atoms with Gasteiger partial charge in [0, 0.05) is 13.7 Å². The molecule has 0 heterocycles. The van der Waals surface area contributed by atoms with Crippen molar-refractivity contribution in [1.29, 1.82) is 0 Å². The number of hydrogen-bond acceptors (Lipinski definition) is 2. The molecule has 10 heavy (non-hydrogen) atoms. The molecule has 1 radical (unpaired) electrons. The van der Waals surface area contributed by atoms with Crippen LogP contribution in [0.25, 0.3) is 0 Å². The van der Waals surface area contributed by atoms with E-state index in [4.69, 9.17) is 15.2 Å². The third kappa shape index (κ3) is 4.73. The zero-order valence-corrected chi connectivity index (χ0v) is 6.72. The molecule has 0 aliphatic rings. The van der Waals surface area contributed by atoms with Gasteiger partial charge in [-0.25, -0.2) is 0 Å². The van der Waals surface area contributed by atoms with Crippen molar-refractivity contribution in [1.82, 2.24) is 5.73 Å². The normalized spacial score (nSPS) is 13.5. The molecule has 0 aromatic rings. The summed E-state index contributed by atoms with van der Waals surface area (Å²) in [7, 11) is 1.56. The van der Waals surface area contributed by atoms with Gasteiger partial charge in [-0.3, -0.25) is 5.73 Å². The fourth-order valence-electron chi connectivity index (χ4n) is 0.569. The highest BCUT2D eigenvalue weighted by molar-refractivity contribution is 4.41. The van der Waals surface area contributed by atoms with E-state index in [9.17, 15) is 0 Å². The van der Waals surface area contributed by atoms with Crippen LogP contribution in [0.2, 0.25) is 0 Å². The van der Waals surface area contributed by atoms with Gasteiger partial charge in [0.2, 0.25) is 0 Å². The lowest BCUT2D eigenvalue weighted by atomic mass is 10.4. The molecule has 0 bridgehead atoms. The molecule has 3 heteroatoms. The van der Waals surface area contributed by atoms with Crippen molar-refractivity contribution in [2.45, 2.75) is 26.1 Å². The highest BCUT2D eigenvalue weighted by Gasteiger charge is 2.02. The minimum Gasteiger partial charge on any atom is -0.354 e. The number of ether oxygens (including phenoxy) is 2. The van der Waals surface area contributed by atoms with Crippen LogP contribution in [0.1, 0.15) is 19.8 Å². The van der Waals surface area contributed by atoms with Crippen LogP contribution in [0.4, 0.5) is 0 Å². The van der Waals surface area contributed by atoms with E-state index < -0.39 is 0 Å². The molecular formula is C7H16NO2. The SMILES string of the molecule is CCCCOC(C[NH])OC. The zero-order valence-electron chi connectivity index (χ0n) is 6.72. The standard InChI is InChI=1S/C7H16NO2/c1-3-4-5-10-7(6-8)9-2/h7-8H,3-6H2,1-2H3. The summed E-state index contributed by atoms with van der Waals surface area (Å²) < 4.78 is 10.0. The van der Waals surface area contributed by atoms with E-state index in [1.54, 1.807) is 7.11 Å². The molecule has 0 saturated carbocycles. The van der Waals surface area contributed by atoms with Gasteiger partial charge in [-0.2, -0.15) is 0 Å². The third-order valence-electron chi connectivity index (χ3n) is 1.23. The number of rotatable bonds is 6. The summed E-state index contributed by atoms with van der Waals surface area (Å²) in [6, 6.07) is 0. The first-order valence-corrected chi connectivity index (χ1v) is 3.64. The van der Waals surface area contributed by atoms with Crippen LogP contribution in [-0.2, 0) is 9.47 Å². The summed E-state index contributed by atoms with van der Waals surface area (Å²) in [6.07, 6.45) is 1.83. The van der Waals surface area contributed by atoms with Gasteiger partial charge in [0.05, 0.1) is 6.54 Å². The van der Waals surface area contributed by atoms with Gasteiger partial charge < -0.3 is 9.47 Å². The van der Waals surface area contributed by atoms with Gasteiger partial charge >= 0.3 is 0 Å². The first-order chi connectivity index (χ1) is 4.85. The van der Waals surface area contributed by atoms with Gasteiger partial charge in [0.25, 0.3) is 0 Å². The first-order valence-electron chi connectivity index (χ1n) is 3.64. The summed E-state index contributed by atoms with van der Waals surface area (Å²) in [4.78, 5) is 0. The van der Waals surface area contributed by atoms with Crippen molar-refractivity contribution in [2.24, 2.45) is 0 Å². The second-order valence-corrected chi connectivity index (χ2v) is 2.09. The molecule has 1 unspecified atom stereocenters. The molecule has 0 aliphatic carbocycles. The van der Waals surface area contributed by atoms with Crippen molar-refractivity contribution >= 4 is 0 Å². The smallest absolute Gasteiger partial charge is 0.170 e. The molecule has 0 amide bonds. The molecule has 0 aromatic heterocycles. The lowest BCUT2D eigenvalue weighted by Gasteiger charge is -2.12. The minimum absolute atomic E-state index is 0.181. The van der Waals surface area contributed by atoms with Crippen LogP contribution in [0.3, 0.4) is 0 Å². The van der Waals surface area contributed by atoms with E-state index in [1.807, 2.05) is 0 Å². The predicted octanol–water partition coefficient (Wildman–Crippen LogP) is 1.06. The number of unbranched alkanes of at least 4 members (excludes halogenated alkanes) is 1. The summed E-state index contributed by atoms with van der Waals surface area (Å²) in [5.74, 6) is 0. The Labute approximate surface area is 62.5 Å². The number of nitrogens with one attached hydrogen (secondary N) is 1. The van der Waals surface area contributed by atoms with Crippen LogP contribution in [0.5, 0.6) is 0 Å².